The molecular formula is C28H32N2O4. The van der Waals surface area contributed by atoms with Gasteiger partial charge in [0.15, 0.2) is 0 Å². The average molecular weight is 461 g/mol. The van der Waals surface area contributed by atoms with Crippen molar-refractivity contribution in [3.8, 4) is 0 Å². The maximum Gasteiger partial charge on any atom is 0.418 e. The van der Waals surface area contributed by atoms with Gasteiger partial charge in [-0.3, -0.25) is 9.13 Å². The molecule has 178 valence electrons. The van der Waals surface area contributed by atoms with E-state index in [1.54, 1.807) is 12.4 Å². The molecule has 0 saturated heterocycles. The predicted molar refractivity (Wildman–Crippen MR) is 136 cm³/mol. The number of benzene rings is 1. The average Bonchev–Trinajstić information content (AvgIpc) is 3.38. The van der Waals surface area contributed by atoms with Gasteiger partial charge in [-0.15, -0.1) is 0 Å². The monoisotopic (exact) mass is 460 g/mol. The van der Waals surface area contributed by atoms with Crippen molar-refractivity contribution < 1.29 is 19.1 Å². The summed E-state index contributed by atoms with van der Waals surface area (Å²) < 4.78 is 13.9. The Labute approximate surface area is 201 Å². The van der Waals surface area contributed by atoms with Gasteiger partial charge in [0.1, 0.15) is 11.2 Å². The molecule has 0 atom stereocenters. The zero-order chi connectivity index (χ0) is 24.9. The Morgan fingerprint density at radius 1 is 0.618 bits per heavy atom. The van der Waals surface area contributed by atoms with Crippen LogP contribution in [0, 0.1) is 0 Å². The van der Waals surface area contributed by atoms with E-state index in [0.717, 1.165) is 22.5 Å². The Kier molecular flexibility index (Phi) is 7.30. The summed E-state index contributed by atoms with van der Waals surface area (Å²) in [6.07, 6.45) is 10.2. The molecule has 6 heteroatoms. The molecule has 2 aromatic heterocycles. The van der Waals surface area contributed by atoms with Crippen LogP contribution in [0.2, 0.25) is 0 Å². The van der Waals surface area contributed by atoms with Crippen LogP contribution < -0.4 is 0 Å². The van der Waals surface area contributed by atoms with Gasteiger partial charge in [-0.25, -0.2) is 9.59 Å². The van der Waals surface area contributed by atoms with Crippen molar-refractivity contribution in [2.24, 2.45) is 0 Å². The van der Waals surface area contributed by atoms with E-state index in [1.165, 1.54) is 9.13 Å². The van der Waals surface area contributed by atoms with Crippen LogP contribution in [0.4, 0.5) is 9.59 Å². The second-order valence-electron chi connectivity index (χ2n) is 9.90. The highest BCUT2D eigenvalue weighted by atomic mass is 16.6. The Bertz CT molecular complexity index is 1100. The first-order valence-electron chi connectivity index (χ1n) is 11.2. The van der Waals surface area contributed by atoms with Crippen LogP contribution in [0.5, 0.6) is 0 Å². The maximum atomic E-state index is 12.4. The zero-order valence-corrected chi connectivity index (χ0v) is 20.6. The number of hydrogen-bond donors (Lipinski definition) is 0. The molecule has 3 aromatic rings. The van der Waals surface area contributed by atoms with Crippen molar-refractivity contribution in [2.75, 3.05) is 0 Å². The van der Waals surface area contributed by atoms with Gasteiger partial charge < -0.3 is 9.47 Å². The summed E-state index contributed by atoms with van der Waals surface area (Å²) in [5.41, 5.74) is 2.35. The fraction of sp³-hybridized carbons (Fsp3) is 0.286. The van der Waals surface area contributed by atoms with Crippen molar-refractivity contribution in [1.82, 2.24) is 9.13 Å². The SMILES string of the molecule is CC(C)(C)OC(=O)n1cccc1/C=C/c1ccc(/C=C/c2cccn2C(=O)OC(C)(C)C)cc1. The molecule has 0 bridgehead atoms. The van der Waals surface area contributed by atoms with E-state index in [2.05, 4.69) is 0 Å². The highest BCUT2D eigenvalue weighted by Gasteiger charge is 2.19. The molecule has 3 rings (SSSR count). The molecule has 0 aliphatic rings. The van der Waals surface area contributed by atoms with Crippen LogP contribution in [0.1, 0.15) is 64.1 Å². The molecule has 0 radical (unpaired) electrons. The van der Waals surface area contributed by atoms with Gasteiger partial charge >= 0.3 is 12.2 Å². The first kappa shape index (κ1) is 24.8. The van der Waals surface area contributed by atoms with Gasteiger partial charge in [0.05, 0.1) is 11.4 Å². The number of carbonyl (C=O) groups is 2. The van der Waals surface area contributed by atoms with E-state index in [-0.39, 0.29) is 0 Å². The third kappa shape index (κ3) is 7.10. The molecule has 2 heterocycles. The summed E-state index contributed by atoms with van der Waals surface area (Å²) in [5.74, 6) is 0. The predicted octanol–water partition coefficient (Wildman–Crippen LogP) is 7.20. The number of carbonyl (C=O) groups excluding carboxylic acids is 2. The van der Waals surface area contributed by atoms with E-state index in [0.29, 0.717) is 0 Å². The van der Waals surface area contributed by atoms with Crippen molar-refractivity contribution in [3.05, 3.63) is 83.4 Å². The molecule has 0 aliphatic heterocycles. The standard InChI is InChI=1S/C28H32N2O4/c1-27(2,3)33-25(31)29-19-7-9-23(29)17-15-21-11-13-22(14-12-21)16-18-24-10-8-20-30(24)26(32)34-28(4,5)6/h7-20H,1-6H3/b17-15+,18-16+. The molecule has 1 aromatic carbocycles. The van der Waals surface area contributed by atoms with E-state index in [1.807, 2.05) is 114 Å². The topological polar surface area (TPSA) is 62.5 Å². The minimum absolute atomic E-state index is 0.409. The summed E-state index contributed by atoms with van der Waals surface area (Å²) in [4.78, 5) is 24.7. The Morgan fingerprint density at radius 2 is 0.971 bits per heavy atom. The van der Waals surface area contributed by atoms with Crippen molar-refractivity contribution in [3.63, 3.8) is 0 Å². The van der Waals surface area contributed by atoms with E-state index < -0.39 is 23.4 Å². The lowest BCUT2D eigenvalue weighted by molar-refractivity contribution is 0.0525. The highest BCUT2D eigenvalue weighted by Crippen LogP contribution is 2.16. The second-order valence-corrected chi connectivity index (χ2v) is 9.90. The summed E-state index contributed by atoms with van der Waals surface area (Å²) >= 11 is 0. The summed E-state index contributed by atoms with van der Waals surface area (Å²) in [7, 11) is 0. The summed E-state index contributed by atoms with van der Waals surface area (Å²) in [5, 5.41) is 0. The van der Waals surface area contributed by atoms with E-state index in [4.69, 9.17) is 9.47 Å². The normalized spacial score (nSPS) is 12.4. The summed E-state index contributed by atoms with van der Waals surface area (Å²) in [6, 6.07) is 15.3. The zero-order valence-electron chi connectivity index (χ0n) is 20.6. The lowest BCUT2D eigenvalue weighted by Gasteiger charge is -2.20. The Morgan fingerprint density at radius 3 is 1.29 bits per heavy atom. The van der Waals surface area contributed by atoms with Gasteiger partial charge in [-0.05, 0) is 89.1 Å². The fourth-order valence-corrected chi connectivity index (χ4v) is 3.10. The van der Waals surface area contributed by atoms with Gasteiger partial charge in [0, 0.05) is 12.4 Å². The number of rotatable bonds is 4. The van der Waals surface area contributed by atoms with Crippen LogP contribution in [-0.4, -0.2) is 32.5 Å². The fourth-order valence-electron chi connectivity index (χ4n) is 3.10. The number of nitrogens with zero attached hydrogens (tertiary/aromatic N) is 2. The molecule has 0 fully saturated rings. The molecule has 0 spiro atoms. The molecule has 0 aliphatic carbocycles. The number of ether oxygens (including phenoxy) is 2. The van der Waals surface area contributed by atoms with Crippen LogP contribution in [0.25, 0.3) is 24.3 Å². The Hall–Kier alpha value is -3.80. The second kappa shape index (κ2) is 10.00. The van der Waals surface area contributed by atoms with Crippen LogP contribution in [0.3, 0.4) is 0 Å². The first-order chi connectivity index (χ1) is 15.9. The third-order valence-corrected chi connectivity index (χ3v) is 4.57. The summed E-state index contributed by atoms with van der Waals surface area (Å²) in [6.45, 7) is 11.1. The molecule has 0 unspecified atom stereocenters. The van der Waals surface area contributed by atoms with Gasteiger partial charge in [-0.2, -0.15) is 0 Å². The van der Waals surface area contributed by atoms with Gasteiger partial charge in [-0.1, -0.05) is 36.4 Å². The molecular weight excluding hydrogens is 428 g/mol. The smallest absolute Gasteiger partial charge is 0.418 e. The molecule has 6 nitrogen and oxygen atoms in total. The van der Waals surface area contributed by atoms with E-state index in [9.17, 15) is 9.59 Å². The minimum atomic E-state index is -0.555. The van der Waals surface area contributed by atoms with Crippen LogP contribution in [-0.2, 0) is 9.47 Å². The lowest BCUT2D eigenvalue weighted by Crippen LogP contribution is -2.27. The lowest BCUT2D eigenvalue weighted by atomic mass is 10.1. The number of hydrogen-bond acceptors (Lipinski definition) is 4. The largest absolute Gasteiger partial charge is 0.443 e. The number of aromatic nitrogens is 2. The molecule has 34 heavy (non-hydrogen) atoms. The van der Waals surface area contributed by atoms with Crippen molar-refractivity contribution in [2.45, 2.75) is 52.7 Å². The van der Waals surface area contributed by atoms with Crippen molar-refractivity contribution in [1.29, 1.82) is 0 Å². The molecule has 0 saturated carbocycles. The van der Waals surface area contributed by atoms with Gasteiger partial charge in [0.2, 0.25) is 0 Å². The van der Waals surface area contributed by atoms with Crippen LogP contribution in [0.15, 0.2) is 60.9 Å². The quantitative estimate of drug-likeness (QED) is 0.413. The van der Waals surface area contributed by atoms with Crippen molar-refractivity contribution >= 4 is 36.5 Å². The van der Waals surface area contributed by atoms with E-state index >= 15 is 0 Å². The van der Waals surface area contributed by atoms with Gasteiger partial charge in [0.25, 0.3) is 0 Å². The highest BCUT2D eigenvalue weighted by molar-refractivity contribution is 5.79. The minimum Gasteiger partial charge on any atom is -0.443 e. The Balaban J connectivity index is 1.68. The molecule has 0 amide bonds. The van der Waals surface area contributed by atoms with Crippen LogP contribution >= 0.6 is 0 Å². The molecule has 0 N–H and O–H groups in total. The third-order valence-electron chi connectivity index (χ3n) is 4.57. The maximum absolute atomic E-state index is 12.4. The first-order valence-corrected chi connectivity index (χ1v) is 11.2.